The van der Waals surface area contributed by atoms with Crippen LogP contribution in [0.25, 0.3) is 11.1 Å². The zero-order chi connectivity index (χ0) is 21.2. The number of halogens is 3. The molecule has 0 atom stereocenters. The number of hydrogen-bond acceptors (Lipinski definition) is 5. The third-order valence-corrected chi connectivity index (χ3v) is 6.24. The molecule has 29 heavy (non-hydrogen) atoms. The van der Waals surface area contributed by atoms with Crippen molar-refractivity contribution in [3.8, 4) is 11.1 Å². The van der Waals surface area contributed by atoms with E-state index in [0.717, 1.165) is 23.3 Å². The average Bonchev–Trinajstić information content (AvgIpc) is 3.17. The first kappa shape index (κ1) is 20.7. The van der Waals surface area contributed by atoms with Gasteiger partial charge >= 0.3 is 6.18 Å². The quantitative estimate of drug-likeness (QED) is 0.602. The molecule has 0 radical (unpaired) electrons. The Labute approximate surface area is 167 Å². The van der Waals surface area contributed by atoms with Gasteiger partial charge in [0, 0.05) is 0 Å². The average molecular weight is 439 g/mol. The van der Waals surface area contributed by atoms with Gasteiger partial charge in [0.25, 0.3) is 21.7 Å². The van der Waals surface area contributed by atoms with E-state index in [-0.39, 0.29) is 21.1 Å². The van der Waals surface area contributed by atoms with Gasteiger partial charge in [-0.25, -0.2) is 13.1 Å². The normalized spacial score (nSPS) is 11.8. The molecule has 0 saturated carbocycles. The van der Waals surface area contributed by atoms with Gasteiger partial charge in [0.05, 0.1) is 14.6 Å². The van der Waals surface area contributed by atoms with E-state index in [4.69, 9.17) is 0 Å². The Bertz CT molecular complexity index is 1150. The van der Waals surface area contributed by atoms with Crippen LogP contribution in [0.2, 0.25) is 0 Å². The van der Waals surface area contributed by atoms with E-state index in [2.05, 4.69) is 0 Å². The van der Waals surface area contributed by atoms with Crippen LogP contribution in [-0.2, 0) is 10.0 Å². The van der Waals surface area contributed by atoms with Crippen molar-refractivity contribution in [1.29, 1.82) is 0 Å². The van der Waals surface area contributed by atoms with E-state index in [1.54, 1.807) is 16.9 Å². The summed E-state index contributed by atoms with van der Waals surface area (Å²) in [6.45, 7) is 0. The third kappa shape index (κ3) is 4.72. The van der Waals surface area contributed by atoms with E-state index in [9.17, 15) is 31.2 Å². The number of benzene rings is 2. The number of carbonyl (C=O) groups is 2. The molecular formula is C19H12F3NO4S2. The lowest BCUT2D eigenvalue weighted by molar-refractivity contribution is -0.0882. The molecule has 10 heteroatoms. The van der Waals surface area contributed by atoms with E-state index in [1.807, 2.05) is 30.3 Å². The fraction of sp³-hybridized carbons (Fsp3) is 0.0526. The van der Waals surface area contributed by atoms with E-state index < -0.39 is 32.8 Å². The molecule has 0 bridgehead atoms. The number of ketones is 1. The summed E-state index contributed by atoms with van der Waals surface area (Å²) < 4.78 is 63.9. The highest BCUT2D eigenvalue weighted by atomic mass is 32.2. The van der Waals surface area contributed by atoms with Gasteiger partial charge in [0.1, 0.15) is 0 Å². The Hall–Kier alpha value is -2.98. The number of rotatable bonds is 5. The van der Waals surface area contributed by atoms with E-state index in [1.165, 1.54) is 12.1 Å². The minimum Gasteiger partial charge on any atom is -0.283 e. The largest absolute Gasteiger partial charge is 0.455 e. The van der Waals surface area contributed by atoms with Crippen LogP contribution in [0, 0.1) is 0 Å². The second kappa shape index (κ2) is 7.80. The van der Waals surface area contributed by atoms with Crippen molar-refractivity contribution in [2.24, 2.45) is 0 Å². The van der Waals surface area contributed by atoms with Crippen molar-refractivity contribution in [3.05, 3.63) is 76.5 Å². The Balaban J connectivity index is 1.76. The van der Waals surface area contributed by atoms with Crippen molar-refractivity contribution in [3.63, 3.8) is 0 Å². The van der Waals surface area contributed by atoms with Gasteiger partial charge in [-0.3, -0.25) is 9.59 Å². The highest BCUT2D eigenvalue weighted by Crippen LogP contribution is 2.27. The molecule has 3 aromatic rings. The number of alkyl halides is 3. The van der Waals surface area contributed by atoms with Gasteiger partial charge in [-0.15, -0.1) is 11.3 Å². The Morgan fingerprint density at radius 2 is 1.34 bits per heavy atom. The topological polar surface area (TPSA) is 80.3 Å². The van der Waals surface area contributed by atoms with Crippen LogP contribution in [0.15, 0.2) is 71.6 Å². The SMILES string of the molecule is O=C(NS(=O)(=O)c1ccc(-c2ccccc2)cc1)c1ccc(C(=O)C(F)(F)F)s1. The van der Waals surface area contributed by atoms with Crippen LogP contribution >= 0.6 is 11.3 Å². The van der Waals surface area contributed by atoms with Crippen LogP contribution in [0.3, 0.4) is 0 Å². The first-order chi connectivity index (χ1) is 13.6. The summed E-state index contributed by atoms with van der Waals surface area (Å²) in [5.74, 6) is -3.22. The molecule has 1 amide bonds. The molecule has 0 aliphatic rings. The Morgan fingerprint density at radius 3 is 1.93 bits per heavy atom. The van der Waals surface area contributed by atoms with Crippen molar-refractivity contribution in [1.82, 2.24) is 4.72 Å². The lowest BCUT2D eigenvalue weighted by Gasteiger charge is -2.07. The maximum absolute atomic E-state index is 12.5. The number of thiophene rings is 1. The van der Waals surface area contributed by atoms with Crippen LogP contribution < -0.4 is 4.72 Å². The monoisotopic (exact) mass is 439 g/mol. The molecule has 0 aliphatic carbocycles. The molecule has 5 nitrogen and oxygen atoms in total. The maximum atomic E-state index is 12.5. The fourth-order valence-electron chi connectivity index (χ4n) is 2.41. The molecule has 0 fully saturated rings. The van der Waals surface area contributed by atoms with Crippen molar-refractivity contribution in [2.45, 2.75) is 11.1 Å². The second-order valence-corrected chi connectivity index (χ2v) is 8.58. The minimum atomic E-state index is -5.08. The lowest BCUT2D eigenvalue weighted by Crippen LogP contribution is -2.30. The van der Waals surface area contributed by atoms with Crippen molar-refractivity contribution >= 4 is 33.1 Å². The molecule has 1 aromatic heterocycles. The summed E-state index contributed by atoms with van der Waals surface area (Å²) in [7, 11) is -4.25. The number of nitrogens with one attached hydrogen (secondary N) is 1. The molecular weight excluding hydrogens is 427 g/mol. The summed E-state index contributed by atoms with van der Waals surface area (Å²) in [6, 6.07) is 16.8. The predicted molar refractivity (Wildman–Crippen MR) is 101 cm³/mol. The second-order valence-electron chi connectivity index (χ2n) is 5.82. The highest BCUT2D eigenvalue weighted by Gasteiger charge is 2.40. The summed E-state index contributed by atoms with van der Waals surface area (Å²) >= 11 is 0.266. The molecule has 0 saturated heterocycles. The van der Waals surface area contributed by atoms with Gasteiger partial charge in [-0.05, 0) is 35.4 Å². The maximum Gasteiger partial charge on any atom is 0.455 e. The van der Waals surface area contributed by atoms with E-state index >= 15 is 0 Å². The standard InChI is InChI=1S/C19H12F3NO4S2/c20-19(21,22)17(24)15-10-11-16(28-15)18(25)23-29(26,27)14-8-6-13(7-9-14)12-4-2-1-3-5-12/h1-11H,(H,23,25). The van der Waals surface area contributed by atoms with Gasteiger partial charge < -0.3 is 0 Å². The van der Waals surface area contributed by atoms with Crippen LogP contribution in [0.5, 0.6) is 0 Å². The number of hydrogen-bond donors (Lipinski definition) is 1. The summed E-state index contributed by atoms with van der Waals surface area (Å²) in [6.07, 6.45) is -5.08. The molecule has 0 unspecified atom stereocenters. The van der Waals surface area contributed by atoms with Gasteiger partial charge in [0.2, 0.25) is 0 Å². The number of amides is 1. The summed E-state index contributed by atoms with van der Waals surface area (Å²) in [5.41, 5.74) is 1.64. The van der Waals surface area contributed by atoms with Crippen LogP contribution in [0.1, 0.15) is 19.3 Å². The molecule has 1 N–H and O–H groups in total. The lowest BCUT2D eigenvalue weighted by atomic mass is 10.1. The first-order valence-corrected chi connectivity index (χ1v) is 10.3. The third-order valence-electron chi connectivity index (χ3n) is 3.81. The fourth-order valence-corrected chi connectivity index (χ4v) is 4.30. The molecule has 3 rings (SSSR count). The molecule has 1 heterocycles. The zero-order valence-electron chi connectivity index (χ0n) is 14.4. The Kier molecular flexibility index (Phi) is 5.58. The van der Waals surface area contributed by atoms with Gasteiger partial charge in [-0.2, -0.15) is 13.2 Å². The molecule has 2 aromatic carbocycles. The van der Waals surface area contributed by atoms with Gasteiger partial charge in [0.15, 0.2) is 0 Å². The van der Waals surface area contributed by atoms with E-state index in [0.29, 0.717) is 0 Å². The number of Topliss-reactive ketones (excluding diaryl/α,β-unsaturated/α-hetero) is 1. The Morgan fingerprint density at radius 1 is 0.793 bits per heavy atom. The number of carbonyl (C=O) groups excluding carboxylic acids is 2. The predicted octanol–water partition coefficient (Wildman–Crippen LogP) is 4.28. The summed E-state index contributed by atoms with van der Waals surface area (Å²) in [4.78, 5) is 22.1. The van der Waals surface area contributed by atoms with Crippen LogP contribution in [-0.4, -0.2) is 26.3 Å². The first-order valence-electron chi connectivity index (χ1n) is 8.02. The zero-order valence-corrected chi connectivity index (χ0v) is 16.1. The highest BCUT2D eigenvalue weighted by molar-refractivity contribution is 7.90. The number of sulfonamides is 1. The summed E-state index contributed by atoms with van der Waals surface area (Å²) in [5, 5.41) is 0. The van der Waals surface area contributed by atoms with Gasteiger partial charge in [-0.1, -0.05) is 42.5 Å². The van der Waals surface area contributed by atoms with Crippen molar-refractivity contribution < 1.29 is 31.2 Å². The molecule has 0 aliphatic heterocycles. The minimum absolute atomic E-state index is 0.186. The van der Waals surface area contributed by atoms with Crippen molar-refractivity contribution in [2.75, 3.05) is 0 Å². The molecule has 150 valence electrons. The van der Waals surface area contributed by atoms with Crippen LogP contribution in [0.4, 0.5) is 13.2 Å². The smallest absolute Gasteiger partial charge is 0.283 e. The molecule has 0 spiro atoms.